The zero-order valence-corrected chi connectivity index (χ0v) is 17.7. The molecule has 6 nitrogen and oxygen atoms in total. The lowest BCUT2D eigenvalue weighted by atomic mass is 9.98. The second kappa shape index (κ2) is 8.32. The van der Waals surface area contributed by atoms with E-state index in [0.717, 1.165) is 31.7 Å². The van der Waals surface area contributed by atoms with Gasteiger partial charge in [0.1, 0.15) is 5.82 Å². The molecule has 0 N–H and O–H groups in total. The van der Waals surface area contributed by atoms with Crippen molar-refractivity contribution in [3.05, 3.63) is 29.6 Å². The Morgan fingerprint density at radius 1 is 1.07 bits per heavy atom. The molecule has 4 rings (SSSR count). The maximum Gasteiger partial charge on any atom is 0.243 e. The molecule has 0 spiro atoms. The van der Waals surface area contributed by atoms with Crippen LogP contribution in [0.1, 0.15) is 44.1 Å². The fourth-order valence-corrected chi connectivity index (χ4v) is 6.22. The van der Waals surface area contributed by atoms with E-state index in [1.807, 2.05) is 0 Å². The molecule has 2 saturated heterocycles. The molecule has 3 fully saturated rings. The number of piperidine rings is 1. The SMILES string of the molecule is Cc1ccc(F)cc1S(=O)(=O)N1CCC(N(C(=O)C2CC2)C2CCOCC2)CC1. The van der Waals surface area contributed by atoms with E-state index in [2.05, 4.69) is 4.90 Å². The van der Waals surface area contributed by atoms with Crippen LogP contribution < -0.4 is 0 Å². The second-order valence-electron chi connectivity index (χ2n) is 8.41. The van der Waals surface area contributed by atoms with Gasteiger partial charge in [0.2, 0.25) is 15.9 Å². The van der Waals surface area contributed by atoms with E-state index in [4.69, 9.17) is 4.74 Å². The Morgan fingerprint density at radius 3 is 2.31 bits per heavy atom. The lowest BCUT2D eigenvalue weighted by Crippen LogP contribution is -2.54. The lowest BCUT2D eigenvalue weighted by Gasteiger charge is -2.43. The van der Waals surface area contributed by atoms with Gasteiger partial charge in [-0.05, 0) is 63.1 Å². The maximum atomic E-state index is 13.7. The summed E-state index contributed by atoms with van der Waals surface area (Å²) >= 11 is 0. The van der Waals surface area contributed by atoms with Crippen molar-refractivity contribution in [3.63, 3.8) is 0 Å². The van der Waals surface area contributed by atoms with Crippen molar-refractivity contribution in [1.82, 2.24) is 9.21 Å². The Balaban J connectivity index is 1.48. The van der Waals surface area contributed by atoms with Gasteiger partial charge in [0.15, 0.2) is 0 Å². The van der Waals surface area contributed by atoms with Crippen LogP contribution in [0.25, 0.3) is 0 Å². The van der Waals surface area contributed by atoms with Crippen molar-refractivity contribution in [1.29, 1.82) is 0 Å². The van der Waals surface area contributed by atoms with Crippen molar-refractivity contribution in [3.8, 4) is 0 Å². The Hall–Kier alpha value is -1.51. The average molecular weight is 425 g/mol. The molecule has 1 aromatic carbocycles. The molecule has 0 atom stereocenters. The predicted molar refractivity (Wildman–Crippen MR) is 106 cm³/mol. The average Bonchev–Trinajstić information content (AvgIpc) is 3.56. The first-order valence-electron chi connectivity index (χ1n) is 10.5. The van der Waals surface area contributed by atoms with Gasteiger partial charge in [0.05, 0.1) is 4.90 Å². The number of ether oxygens (including phenoxy) is 1. The molecule has 0 radical (unpaired) electrons. The highest BCUT2D eigenvalue weighted by Crippen LogP contribution is 2.36. The van der Waals surface area contributed by atoms with Crippen molar-refractivity contribution in [2.24, 2.45) is 5.92 Å². The van der Waals surface area contributed by atoms with Gasteiger partial charge in [0, 0.05) is 44.3 Å². The number of carbonyl (C=O) groups excluding carboxylic acids is 1. The molecule has 0 aromatic heterocycles. The van der Waals surface area contributed by atoms with Crippen LogP contribution >= 0.6 is 0 Å². The monoisotopic (exact) mass is 424 g/mol. The molecule has 3 aliphatic rings. The molecule has 1 aliphatic carbocycles. The molecule has 1 saturated carbocycles. The highest BCUT2D eigenvalue weighted by Gasteiger charge is 2.42. The number of nitrogens with zero attached hydrogens (tertiary/aromatic N) is 2. The van der Waals surface area contributed by atoms with Crippen LogP contribution in [-0.2, 0) is 19.6 Å². The summed E-state index contributed by atoms with van der Waals surface area (Å²) in [6.07, 6.45) is 4.85. The third kappa shape index (κ3) is 4.34. The summed E-state index contributed by atoms with van der Waals surface area (Å²) in [5, 5.41) is 0. The normalized spacial score (nSPS) is 22.6. The van der Waals surface area contributed by atoms with Crippen LogP contribution in [0.5, 0.6) is 0 Å². The fourth-order valence-electron chi connectivity index (χ4n) is 4.51. The third-order valence-corrected chi connectivity index (χ3v) is 8.39. The van der Waals surface area contributed by atoms with Gasteiger partial charge in [-0.25, -0.2) is 12.8 Å². The highest BCUT2D eigenvalue weighted by atomic mass is 32.2. The first kappa shape index (κ1) is 20.8. The minimum Gasteiger partial charge on any atom is -0.381 e. The van der Waals surface area contributed by atoms with Crippen molar-refractivity contribution >= 4 is 15.9 Å². The molecule has 2 aliphatic heterocycles. The third-order valence-electron chi connectivity index (χ3n) is 6.35. The number of hydrogen-bond donors (Lipinski definition) is 0. The minimum absolute atomic E-state index is 0.0336. The summed E-state index contributed by atoms with van der Waals surface area (Å²) in [4.78, 5) is 15.1. The van der Waals surface area contributed by atoms with Crippen molar-refractivity contribution < 1.29 is 22.3 Å². The molecule has 1 aromatic rings. The van der Waals surface area contributed by atoms with Crippen LogP contribution in [-0.4, -0.2) is 61.9 Å². The summed E-state index contributed by atoms with van der Waals surface area (Å²) < 4.78 is 46.7. The number of amides is 1. The Labute approximate surface area is 172 Å². The highest BCUT2D eigenvalue weighted by molar-refractivity contribution is 7.89. The zero-order chi connectivity index (χ0) is 20.6. The van der Waals surface area contributed by atoms with Crippen molar-refractivity contribution in [2.75, 3.05) is 26.3 Å². The fraction of sp³-hybridized carbons (Fsp3) is 0.667. The lowest BCUT2D eigenvalue weighted by molar-refractivity contribution is -0.141. The van der Waals surface area contributed by atoms with Crippen molar-refractivity contribution in [2.45, 2.75) is 62.4 Å². The number of halogens is 1. The number of sulfonamides is 1. The van der Waals surface area contributed by atoms with E-state index in [0.29, 0.717) is 44.7 Å². The topological polar surface area (TPSA) is 66.9 Å². The molecule has 29 heavy (non-hydrogen) atoms. The Bertz CT molecular complexity index is 857. The molecule has 0 unspecified atom stereocenters. The summed E-state index contributed by atoms with van der Waals surface area (Å²) in [5.41, 5.74) is 0.543. The summed E-state index contributed by atoms with van der Waals surface area (Å²) in [6.45, 7) is 3.72. The Kier molecular flexibility index (Phi) is 5.95. The van der Waals surface area contributed by atoms with E-state index in [1.54, 1.807) is 6.92 Å². The van der Waals surface area contributed by atoms with E-state index < -0.39 is 15.8 Å². The van der Waals surface area contributed by atoms with Crippen LogP contribution in [0.15, 0.2) is 23.1 Å². The summed E-state index contributed by atoms with van der Waals surface area (Å²) in [6, 6.07) is 4.12. The number of aryl methyl sites for hydroxylation is 1. The molecule has 160 valence electrons. The minimum atomic E-state index is -3.74. The first-order valence-corrected chi connectivity index (χ1v) is 12.0. The largest absolute Gasteiger partial charge is 0.381 e. The van der Waals surface area contributed by atoms with E-state index >= 15 is 0 Å². The van der Waals surface area contributed by atoms with Gasteiger partial charge in [-0.2, -0.15) is 4.31 Å². The van der Waals surface area contributed by atoms with Gasteiger partial charge in [-0.1, -0.05) is 6.07 Å². The second-order valence-corrected chi connectivity index (χ2v) is 10.3. The van der Waals surface area contributed by atoms with Gasteiger partial charge in [-0.15, -0.1) is 0 Å². The Morgan fingerprint density at radius 2 is 1.69 bits per heavy atom. The van der Waals surface area contributed by atoms with Crippen LogP contribution in [0.4, 0.5) is 4.39 Å². The maximum absolute atomic E-state index is 13.7. The van der Waals surface area contributed by atoms with Gasteiger partial charge in [0.25, 0.3) is 0 Å². The molecular weight excluding hydrogens is 395 g/mol. The zero-order valence-electron chi connectivity index (χ0n) is 16.8. The van der Waals surface area contributed by atoms with E-state index in [9.17, 15) is 17.6 Å². The van der Waals surface area contributed by atoms with Crippen LogP contribution in [0.3, 0.4) is 0 Å². The van der Waals surface area contributed by atoms with Crippen LogP contribution in [0, 0.1) is 18.7 Å². The van der Waals surface area contributed by atoms with Gasteiger partial charge >= 0.3 is 0 Å². The van der Waals surface area contributed by atoms with Gasteiger partial charge in [-0.3, -0.25) is 4.79 Å². The predicted octanol–water partition coefficient (Wildman–Crippen LogP) is 2.70. The molecule has 8 heteroatoms. The number of carbonyl (C=O) groups is 1. The van der Waals surface area contributed by atoms with Gasteiger partial charge < -0.3 is 9.64 Å². The molecule has 1 amide bonds. The van der Waals surface area contributed by atoms with E-state index in [-0.39, 0.29) is 28.8 Å². The number of rotatable bonds is 5. The summed E-state index contributed by atoms with van der Waals surface area (Å²) in [7, 11) is -3.74. The van der Waals surface area contributed by atoms with E-state index in [1.165, 1.54) is 16.4 Å². The standard InChI is InChI=1S/C21H29FN2O4S/c1-15-2-5-17(22)14-20(15)29(26,27)23-10-6-18(7-11-23)24(21(25)16-3-4-16)19-8-12-28-13-9-19/h2,5,14,16,18-19H,3-4,6-13H2,1H3. The molecule has 0 bridgehead atoms. The number of hydrogen-bond acceptors (Lipinski definition) is 4. The quantitative estimate of drug-likeness (QED) is 0.729. The smallest absolute Gasteiger partial charge is 0.243 e. The first-order chi connectivity index (χ1) is 13.9. The summed E-state index contributed by atoms with van der Waals surface area (Å²) in [5.74, 6) is -0.168. The number of benzene rings is 1. The molecule has 2 heterocycles. The van der Waals surface area contributed by atoms with Crippen LogP contribution in [0.2, 0.25) is 0 Å². The molecular formula is C21H29FN2O4S.